The molecular weight excluding hydrogens is 547 g/mol. The second kappa shape index (κ2) is 12.3. The Balaban J connectivity index is 1.40. The molecule has 3 aromatic carbocycles. The summed E-state index contributed by atoms with van der Waals surface area (Å²) >= 11 is 12.4. The molecule has 2 atom stereocenters. The van der Waals surface area contributed by atoms with E-state index < -0.39 is 33.9 Å². The van der Waals surface area contributed by atoms with Gasteiger partial charge in [0.2, 0.25) is 15.9 Å². The molecule has 2 N–H and O–H groups in total. The van der Waals surface area contributed by atoms with E-state index >= 15 is 0 Å². The molecule has 1 heterocycles. The van der Waals surface area contributed by atoms with Crippen LogP contribution in [0.5, 0.6) is 0 Å². The number of carbonyl (C=O) groups excluding carboxylic acids is 1. The van der Waals surface area contributed by atoms with Crippen LogP contribution < -0.4 is 5.32 Å². The van der Waals surface area contributed by atoms with Gasteiger partial charge < -0.3 is 10.4 Å². The van der Waals surface area contributed by atoms with Crippen LogP contribution in [0.15, 0.2) is 72.8 Å². The average Bonchev–Trinajstić information content (AvgIpc) is 2.90. The Kier molecular flexibility index (Phi) is 9.10. The number of carbonyl (C=O) groups is 2. The van der Waals surface area contributed by atoms with Gasteiger partial charge in [0.05, 0.1) is 11.7 Å². The molecule has 1 fully saturated rings. The summed E-state index contributed by atoms with van der Waals surface area (Å²) in [6, 6.07) is 20.1. The molecule has 7 nitrogen and oxygen atoms in total. The predicted octanol–water partition coefficient (Wildman–Crippen LogP) is 5.01. The number of rotatable bonds is 9. The highest BCUT2D eigenvalue weighted by Gasteiger charge is 2.34. The number of hydrogen-bond acceptors (Lipinski definition) is 4. The molecule has 1 aliphatic heterocycles. The summed E-state index contributed by atoms with van der Waals surface area (Å²) in [5.41, 5.74) is 2.98. The number of nitrogens with one attached hydrogen (secondary N) is 1. The van der Waals surface area contributed by atoms with Gasteiger partial charge in [-0.25, -0.2) is 17.5 Å². The molecular formula is C28H28Cl2N2O5S. The quantitative estimate of drug-likeness (QED) is 0.373. The molecule has 0 saturated carbocycles. The van der Waals surface area contributed by atoms with Gasteiger partial charge in [-0.2, -0.15) is 0 Å². The molecule has 0 aromatic heterocycles. The first-order chi connectivity index (χ1) is 18.1. The number of piperidine rings is 1. The first-order valence-electron chi connectivity index (χ1n) is 12.2. The standard InChI is InChI=1S/C28H28Cl2N2O5S/c29-23-12-13-25(30)24(16-23)21-10-8-19(9-11-21)15-26(28(34)35)31-27(33)22-7-4-14-32(17-22)38(36,37)18-20-5-2-1-3-6-20/h1-3,5-6,8-13,16,22,26H,4,7,14-15,17-18H2,(H,31,33)(H,34,35). The number of sulfonamides is 1. The fourth-order valence-corrected chi connectivity index (χ4v) is 6.56. The summed E-state index contributed by atoms with van der Waals surface area (Å²) in [5.74, 6) is -2.39. The molecule has 200 valence electrons. The maximum atomic E-state index is 13.0. The molecule has 38 heavy (non-hydrogen) atoms. The van der Waals surface area contributed by atoms with Crippen molar-refractivity contribution in [2.75, 3.05) is 13.1 Å². The fraction of sp³-hybridized carbons (Fsp3) is 0.286. The van der Waals surface area contributed by atoms with Crippen molar-refractivity contribution in [3.8, 4) is 11.1 Å². The van der Waals surface area contributed by atoms with E-state index in [2.05, 4.69) is 5.32 Å². The lowest BCUT2D eigenvalue weighted by Gasteiger charge is -2.32. The van der Waals surface area contributed by atoms with Crippen molar-refractivity contribution in [3.05, 3.63) is 94.0 Å². The minimum atomic E-state index is -3.61. The number of aliphatic carboxylic acids is 1. The third kappa shape index (κ3) is 7.14. The maximum Gasteiger partial charge on any atom is 0.326 e. The molecule has 1 amide bonds. The van der Waals surface area contributed by atoms with Crippen molar-refractivity contribution < 1.29 is 23.1 Å². The molecule has 1 saturated heterocycles. The van der Waals surface area contributed by atoms with Crippen LogP contribution in [0.1, 0.15) is 24.0 Å². The van der Waals surface area contributed by atoms with E-state index in [1.807, 2.05) is 18.2 Å². The molecule has 1 aliphatic rings. The first kappa shape index (κ1) is 28.1. The van der Waals surface area contributed by atoms with E-state index in [9.17, 15) is 23.1 Å². The summed E-state index contributed by atoms with van der Waals surface area (Å²) in [6.07, 6.45) is 1.09. The average molecular weight is 576 g/mol. The Bertz CT molecular complexity index is 1400. The third-order valence-electron chi connectivity index (χ3n) is 6.59. The minimum absolute atomic E-state index is 0.0302. The zero-order valence-electron chi connectivity index (χ0n) is 20.5. The molecule has 0 bridgehead atoms. The van der Waals surface area contributed by atoms with Gasteiger partial charge in [0.25, 0.3) is 0 Å². The zero-order chi connectivity index (χ0) is 27.3. The number of hydrogen-bond donors (Lipinski definition) is 2. The van der Waals surface area contributed by atoms with Crippen LogP contribution in [0.4, 0.5) is 0 Å². The van der Waals surface area contributed by atoms with Gasteiger partial charge in [-0.15, -0.1) is 0 Å². The highest BCUT2D eigenvalue weighted by Crippen LogP contribution is 2.31. The number of carboxylic acid groups (broad SMARTS) is 1. The highest BCUT2D eigenvalue weighted by atomic mass is 35.5. The Morgan fingerprint density at radius 3 is 2.39 bits per heavy atom. The van der Waals surface area contributed by atoms with Gasteiger partial charge >= 0.3 is 5.97 Å². The van der Waals surface area contributed by atoms with Crippen molar-refractivity contribution in [3.63, 3.8) is 0 Å². The van der Waals surface area contributed by atoms with Crippen LogP contribution in [0.3, 0.4) is 0 Å². The van der Waals surface area contributed by atoms with E-state index in [0.29, 0.717) is 35.0 Å². The van der Waals surface area contributed by atoms with Crippen molar-refractivity contribution >= 4 is 45.1 Å². The van der Waals surface area contributed by atoms with E-state index in [0.717, 1.165) is 16.7 Å². The van der Waals surface area contributed by atoms with Crippen LogP contribution in [0.25, 0.3) is 11.1 Å². The summed E-state index contributed by atoms with van der Waals surface area (Å²) in [7, 11) is -3.61. The molecule has 0 radical (unpaired) electrons. The van der Waals surface area contributed by atoms with E-state index in [4.69, 9.17) is 23.2 Å². The summed E-state index contributed by atoms with van der Waals surface area (Å²) < 4.78 is 27.2. The lowest BCUT2D eigenvalue weighted by atomic mass is 9.97. The SMILES string of the molecule is O=C(NC(Cc1ccc(-c2cc(Cl)ccc2Cl)cc1)C(=O)O)C1CCCN(S(=O)(=O)Cc2ccccc2)C1. The second-order valence-electron chi connectivity index (χ2n) is 9.36. The van der Waals surface area contributed by atoms with Crippen LogP contribution in [0.2, 0.25) is 10.0 Å². The number of carboxylic acids is 1. The fourth-order valence-electron chi connectivity index (χ4n) is 4.55. The zero-order valence-corrected chi connectivity index (χ0v) is 22.8. The number of halogens is 2. The Morgan fingerprint density at radius 1 is 1.00 bits per heavy atom. The predicted molar refractivity (Wildman–Crippen MR) is 149 cm³/mol. The first-order valence-corrected chi connectivity index (χ1v) is 14.6. The lowest BCUT2D eigenvalue weighted by molar-refractivity contribution is -0.142. The molecule has 10 heteroatoms. The number of amides is 1. The normalized spacial score (nSPS) is 17.1. The van der Waals surface area contributed by atoms with Crippen LogP contribution >= 0.6 is 23.2 Å². The summed E-state index contributed by atoms with van der Waals surface area (Å²) in [5, 5.41) is 13.5. The van der Waals surface area contributed by atoms with Gasteiger partial charge in [0.15, 0.2) is 0 Å². The van der Waals surface area contributed by atoms with Crippen molar-refractivity contribution in [1.82, 2.24) is 9.62 Å². The summed E-state index contributed by atoms with van der Waals surface area (Å²) in [6.45, 7) is 0.368. The van der Waals surface area contributed by atoms with E-state index in [1.54, 1.807) is 54.6 Å². The molecule has 4 rings (SSSR count). The Labute approximate surface area is 232 Å². The van der Waals surface area contributed by atoms with Gasteiger partial charge in [-0.05, 0) is 47.7 Å². The van der Waals surface area contributed by atoms with E-state index in [1.165, 1.54) is 4.31 Å². The smallest absolute Gasteiger partial charge is 0.326 e. The van der Waals surface area contributed by atoms with Gasteiger partial charge in [-0.3, -0.25) is 4.79 Å². The molecule has 0 spiro atoms. The van der Waals surface area contributed by atoms with Crippen LogP contribution in [-0.4, -0.2) is 48.8 Å². The number of benzene rings is 3. The van der Waals surface area contributed by atoms with Gasteiger partial charge in [0.1, 0.15) is 6.04 Å². The topological polar surface area (TPSA) is 104 Å². The monoisotopic (exact) mass is 574 g/mol. The van der Waals surface area contributed by atoms with E-state index in [-0.39, 0.29) is 18.7 Å². The molecule has 2 unspecified atom stereocenters. The van der Waals surface area contributed by atoms with Crippen molar-refractivity contribution in [2.45, 2.75) is 31.1 Å². The Hall–Kier alpha value is -2.91. The van der Waals surface area contributed by atoms with Crippen LogP contribution in [0, 0.1) is 5.92 Å². The largest absolute Gasteiger partial charge is 0.480 e. The second-order valence-corrected chi connectivity index (χ2v) is 12.2. The van der Waals surface area contributed by atoms with Crippen molar-refractivity contribution in [1.29, 1.82) is 0 Å². The van der Waals surface area contributed by atoms with Crippen molar-refractivity contribution in [2.24, 2.45) is 5.92 Å². The summed E-state index contributed by atoms with van der Waals surface area (Å²) in [4.78, 5) is 25.0. The highest BCUT2D eigenvalue weighted by molar-refractivity contribution is 7.88. The molecule has 0 aliphatic carbocycles. The van der Waals surface area contributed by atoms with Gasteiger partial charge in [-0.1, -0.05) is 77.8 Å². The third-order valence-corrected chi connectivity index (χ3v) is 8.97. The van der Waals surface area contributed by atoms with Gasteiger partial charge in [0, 0.05) is 35.1 Å². The number of nitrogens with zero attached hydrogens (tertiary/aromatic N) is 1. The maximum absolute atomic E-state index is 13.0. The van der Waals surface area contributed by atoms with Crippen LogP contribution in [-0.2, 0) is 31.8 Å². The minimum Gasteiger partial charge on any atom is -0.480 e. The molecule has 3 aromatic rings. The lowest BCUT2D eigenvalue weighted by Crippen LogP contribution is -2.50. The Morgan fingerprint density at radius 2 is 1.71 bits per heavy atom.